The smallest absolute Gasteiger partial charge is 0.189 e. The van der Waals surface area contributed by atoms with Crippen molar-refractivity contribution in [3.05, 3.63) is 57.6 Å². The van der Waals surface area contributed by atoms with E-state index in [2.05, 4.69) is 4.98 Å². The Morgan fingerprint density at radius 3 is 2.94 bits per heavy atom. The fraction of sp³-hybridized carbons (Fsp3) is 0.143. The maximum absolute atomic E-state index is 12.3. The Balaban J connectivity index is 2.00. The minimum Gasteiger partial charge on any atom is -0.289 e. The van der Waals surface area contributed by atoms with Gasteiger partial charge in [0.2, 0.25) is 0 Å². The van der Waals surface area contributed by atoms with Crippen LogP contribution in [-0.2, 0) is 6.42 Å². The number of ketones is 1. The lowest BCUT2D eigenvalue weighted by Gasteiger charge is -2.16. The van der Waals surface area contributed by atoms with Crippen molar-refractivity contribution in [3.8, 4) is 0 Å². The molecular formula is C14H11NOS. The number of allylic oxidation sites excluding steroid dienone is 1. The molecule has 1 aromatic heterocycles. The fourth-order valence-corrected chi connectivity index (χ4v) is 2.70. The van der Waals surface area contributed by atoms with E-state index in [-0.39, 0.29) is 5.78 Å². The molecule has 0 saturated heterocycles. The molecule has 2 nitrogen and oxygen atoms in total. The van der Waals surface area contributed by atoms with E-state index in [4.69, 9.17) is 0 Å². The molecule has 0 N–H and O–H groups in total. The van der Waals surface area contributed by atoms with Crippen molar-refractivity contribution in [2.75, 3.05) is 0 Å². The summed E-state index contributed by atoms with van der Waals surface area (Å²) in [5.74, 6) is 0.167. The lowest BCUT2D eigenvalue weighted by Crippen LogP contribution is -2.13. The highest BCUT2D eigenvalue weighted by atomic mass is 32.1. The summed E-state index contributed by atoms with van der Waals surface area (Å²) in [6, 6.07) is 7.87. The van der Waals surface area contributed by atoms with Gasteiger partial charge in [-0.1, -0.05) is 24.3 Å². The molecule has 0 aliphatic heterocycles. The first-order valence-electron chi connectivity index (χ1n) is 5.56. The van der Waals surface area contributed by atoms with Crippen LogP contribution in [0, 0.1) is 0 Å². The minimum atomic E-state index is 0.167. The molecule has 0 fully saturated rings. The van der Waals surface area contributed by atoms with Gasteiger partial charge in [0, 0.05) is 22.2 Å². The molecule has 3 rings (SSSR count). The summed E-state index contributed by atoms with van der Waals surface area (Å²) in [4.78, 5) is 17.3. The minimum absolute atomic E-state index is 0.167. The summed E-state index contributed by atoms with van der Waals surface area (Å²) in [6.07, 6.45) is 5.54. The molecule has 1 aliphatic rings. The SMILES string of the molecule is O=C1C(=Cc2cncs2)CCc2ccccc21. The summed E-state index contributed by atoms with van der Waals surface area (Å²) in [5, 5.41) is 0. The molecule has 1 aliphatic carbocycles. The number of carbonyl (C=O) groups is 1. The van der Waals surface area contributed by atoms with Crippen molar-refractivity contribution in [2.24, 2.45) is 0 Å². The number of benzene rings is 1. The number of fused-ring (bicyclic) bond motifs is 1. The largest absolute Gasteiger partial charge is 0.289 e. The van der Waals surface area contributed by atoms with Crippen LogP contribution in [0.1, 0.15) is 27.2 Å². The van der Waals surface area contributed by atoms with Gasteiger partial charge in [-0.05, 0) is 24.5 Å². The van der Waals surface area contributed by atoms with Gasteiger partial charge in [0.05, 0.1) is 5.51 Å². The number of Topliss-reactive ketones (excluding diaryl/α,β-unsaturated/α-hetero) is 1. The number of hydrogen-bond acceptors (Lipinski definition) is 3. The van der Waals surface area contributed by atoms with Gasteiger partial charge in [-0.3, -0.25) is 9.78 Å². The van der Waals surface area contributed by atoms with Gasteiger partial charge in [0.1, 0.15) is 0 Å². The Morgan fingerprint density at radius 1 is 1.24 bits per heavy atom. The molecule has 84 valence electrons. The lowest BCUT2D eigenvalue weighted by atomic mass is 9.87. The molecule has 1 heterocycles. The van der Waals surface area contributed by atoms with Crippen LogP contribution >= 0.6 is 11.3 Å². The Labute approximate surface area is 104 Å². The Kier molecular flexibility index (Phi) is 2.61. The Hall–Kier alpha value is -1.74. The summed E-state index contributed by atoms with van der Waals surface area (Å²) < 4.78 is 0. The number of thiazole rings is 1. The number of carbonyl (C=O) groups excluding carboxylic acids is 1. The quantitative estimate of drug-likeness (QED) is 0.717. The zero-order valence-electron chi connectivity index (χ0n) is 9.22. The van der Waals surface area contributed by atoms with Crippen LogP contribution in [-0.4, -0.2) is 10.8 Å². The van der Waals surface area contributed by atoms with Crippen LogP contribution in [0.15, 0.2) is 41.5 Å². The molecule has 2 aromatic rings. The molecule has 0 atom stereocenters. The first-order chi connectivity index (χ1) is 8.34. The molecule has 0 saturated carbocycles. The predicted molar refractivity (Wildman–Crippen MR) is 69.2 cm³/mol. The third-order valence-electron chi connectivity index (χ3n) is 2.99. The van der Waals surface area contributed by atoms with E-state index in [0.717, 1.165) is 28.9 Å². The molecule has 0 bridgehead atoms. The molecule has 0 radical (unpaired) electrons. The zero-order valence-corrected chi connectivity index (χ0v) is 10.0. The van der Waals surface area contributed by atoms with Gasteiger partial charge in [0.15, 0.2) is 5.78 Å². The average Bonchev–Trinajstić information content (AvgIpc) is 2.86. The topological polar surface area (TPSA) is 30.0 Å². The Morgan fingerprint density at radius 2 is 2.12 bits per heavy atom. The highest BCUT2D eigenvalue weighted by Gasteiger charge is 2.21. The van der Waals surface area contributed by atoms with Crippen molar-refractivity contribution in [1.82, 2.24) is 4.98 Å². The molecule has 17 heavy (non-hydrogen) atoms. The van der Waals surface area contributed by atoms with Crippen molar-refractivity contribution in [2.45, 2.75) is 12.8 Å². The van der Waals surface area contributed by atoms with E-state index < -0.39 is 0 Å². The number of aromatic nitrogens is 1. The van der Waals surface area contributed by atoms with Crippen LogP contribution in [0.25, 0.3) is 6.08 Å². The third-order valence-corrected chi connectivity index (χ3v) is 3.71. The standard InChI is InChI=1S/C14H11NOS/c16-14-11(7-12-8-15-9-17-12)6-5-10-3-1-2-4-13(10)14/h1-4,7-9H,5-6H2. The van der Waals surface area contributed by atoms with Crippen LogP contribution in [0.2, 0.25) is 0 Å². The van der Waals surface area contributed by atoms with Crippen molar-refractivity contribution >= 4 is 23.2 Å². The second-order valence-corrected chi connectivity index (χ2v) is 4.98. The number of aryl methyl sites for hydroxylation is 1. The Bertz CT molecular complexity index is 584. The summed E-state index contributed by atoms with van der Waals surface area (Å²) in [6.45, 7) is 0. The average molecular weight is 241 g/mol. The van der Waals surface area contributed by atoms with E-state index in [0.29, 0.717) is 0 Å². The monoisotopic (exact) mass is 241 g/mol. The molecular weight excluding hydrogens is 230 g/mol. The first kappa shape index (κ1) is 10.4. The zero-order chi connectivity index (χ0) is 11.7. The van der Waals surface area contributed by atoms with Gasteiger partial charge in [-0.25, -0.2) is 0 Å². The maximum Gasteiger partial charge on any atom is 0.189 e. The number of hydrogen-bond donors (Lipinski definition) is 0. The van der Waals surface area contributed by atoms with Gasteiger partial charge in [0.25, 0.3) is 0 Å². The first-order valence-corrected chi connectivity index (χ1v) is 6.44. The number of nitrogens with zero attached hydrogens (tertiary/aromatic N) is 1. The van der Waals surface area contributed by atoms with Crippen molar-refractivity contribution in [3.63, 3.8) is 0 Å². The highest BCUT2D eigenvalue weighted by molar-refractivity contribution is 7.10. The summed E-state index contributed by atoms with van der Waals surface area (Å²) in [5.41, 5.74) is 4.70. The van der Waals surface area contributed by atoms with Crippen LogP contribution in [0.3, 0.4) is 0 Å². The second-order valence-electron chi connectivity index (χ2n) is 4.06. The molecule has 3 heteroatoms. The van der Waals surface area contributed by atoms with E-state index >= 15 is 0 Å². The van der Waals surface area contributed by atoms with Crippen LogP contribution in [0.4, 0.5) is 0 Å². The van der Waals surface area contributed by atoms with Gasteiger partial charge < -0.3 is 0 Å². The fourth-order valence-electron chi connectivity index (χ4n) is 2.12. The highest BCUT2D eigenvalue weighted by Crippen LogP contribution is 2.26. The van der Waals surface area contributed by atoms with Crippen molar-refractivity contribution < 1.29 is 4.79 Å². The van der Waals surface area contributed by atoms with Gasteiger partial charge in [-0.15, -0.1) is 11.3 Å². The van der Waals surface area contributed by atoms with Gasteiger partial charge >= 0.3 is 0 Å². The number of rotatable bonds is 1. The normalized spacial score (nSPS) is 17.2. The van der Waals surface area contributed by atoms with E-state index in [1.54, 1.807) is 23.0 Å². The van der Waals surface area contributed by atoms with E-state index in [1.165, 1.54) is 5.56 Å². The molecule has 1 aromatic carbocycles. The van der Waals surface area contributed by atoms with Crippen LogP contribution < -0.4 is 0 Å². The van der Waals surface area contributed by atoms with Gasteiger partial charge in [-0.2, -0.15) is 0 Å². The molecule has 0 amide bonds. The van der Waals surface area contributed by atoms with Crippen molar-refractivity contribution in [1.29, 1.82) is 0 Å². The van der Waals surface area contributed by atoms with E-state index in [1.807, 2.05) is 30.3 Å². The lowest BCUT2D eigenvalue weighted by molar-refractivity contribution is 0.102. The summed E-state index contributed by atoms with van der Waals surface area (Å²) in [7, 11) is 0. The van der Waals surface area contributed by atoms with Crippen LogP contribution in [0.5, 0.6) is 0 Å². The third kappa shape index (κ3) is 1.94. The van der Waals surface area contributed by atoms with E-state index in [9.17, 15) is 4.79 Å². The summed E-state index contributed by atoms with van der Waals surface area (Å²) >= 11 is 1.56. The molecule has 0 spiro atoms. The maximum atomic E-state index is 12.3. The predicted octanol–water partition coefficient (Wildman–Crippen LogP) is 3.36. The molecule has 0 unspecified atom stereocenters. The second kappa shape index (κ2) is 4.26.